The fraction of sp³-hybridized carbons (Fsp3) is 0.0667. The third kappa shape index (κ3) is 3.63. The molecular weight excluding hydrogens is 368 g/mol. The zero-order valence-corrected chi connectivity index (χ0v) is 13.2. The van der Waals surface area contributed by atoms with Gasteiger partial charge in [0.15, 0.2) is 0 Å². The summed E-state index contributed by atoms with van der Waals surface area (Å²) < 4.78 is 45.3. The SMILES string of the molecule is FC(F)(F)Oc1ccc(-c2nc(-c3c(Cl)cccc3Cl)no2)cc1. The number of hydrogen-bond donors (Lipinski definition) is 0. The molecule has 0 N–H and O–H groups in total. The van der Waals surface area contributed by atoms with E-state index in [1.54, 1.807) is 18.2 Å². The number of hydrogen-bond acceptors (Lipinski definition) is 4. The summed E-state index contributed by atoms with van der Waals surface area (Å²) in [5.41, 5.74) is 0.833. The third-order valence-electron chi connectivity index (χ3n) is 2.95. The lowest BCUT2D eigenvalue weighted by molar-refractivity contribution is -0.274. The summed E-state index contributed by atoms with van der Waals surface area (Å²) in [6.45, 7) is 0. The van der Waals surface area contributed by atoms with Gasteiger partial charge >= 0.3 is 6.36 Å². The molecule has 0 spiro atoms. The minimum atomic E-state index is -4.75. The molecular formula is C15H7Cl2F3N2O2. The average Bonchev–Trinajstić information content (AvgIpc) is 2.96. The second-order valence-corrected chi connectivity index (χ2v) is 5.41. The highest BCUT2D eigenvalue weighted by Crippen LogP contribution is 2.34. The lowest BCUT2D eigenvalue weighted by atomic mass is 10.2. The van der Waals surface area contributed by atoms with Crippen molar-refractivity contribution in [2.45, 2.75) is 6.36 Å². The van der Waals surface area contributed by atoms with E-state index < -0.39 is 6.36 Å². The Morgan fingerprint density at radius 3 is 2.17 bits per heavy atom. The van der Waals surface area contributed by atoms with Crippen LogP contribution in [0.2, 0.25) is 10.0 Å². The fourth-order valence-electron chi connectivity index (χ4n) is 1.95. The van der Waals surface area contributed by atoms with Crippen molar-refractivity contribution >= 4 is 23.2 Å². The molecule has 0 aliphatic carbocycles. The molecule has 124 valence electrons. The maximum absolute atomic E-state index is 12.1. The second-order valence-electron chi connectivity index (χ2n) is 4.59. The highest BCUT2D eigenvalue weighted by Gasteiger charge is 2.31. The van der Waals surface area contributed by atoms with Crippen molar-refractivity contribution in [3.05, 3.63) is 52.5 Å². The van der Waals surface area contributed by atoms with Gasteiger partial charge in [-0.25, -0.2) is 0 Å². The van der Waals surface area contributed by atoms with Crippen LogP contribution in [0.25, 0.3) is 22.8 Å². The van der Waals surface area contributed by atoms with Crippen LogP contribution in [0.5, 0.6) is 5.75 Å². The van der Waals surface area contributed by atoms with Crippen LogP contribution in [0.1, 0.15) is 0 Å². The van der Waals surface area contributed by atoms with Crippen LogP contribution in [0.4, 0.5) is 13.2 Å². The maximum atomic E-state index is 12.1. The van der Waals surface area contributed by atoms with Crippen molar-refractivity contribution in [3.63, 3.8) is 0 Å². The van der Waals surface area contributed by atoms with Crippen molar-refractivity contribution in [2.24, 2.45) is 0 Å². The Balaban J connectivity index is 1.88. The van der Waals surface area contributed by atoms with E-state index in [-0.39, 0.29) is 17.5 Å². The van der Waals surface area contributed by atoms with Crippen LogP contribution < -0.4 is 4.74 Å². The van der Waals surface area contributed by atoms with E-state index in [1.165, 1.54) is 12.1 Å². The van der Waals surface area contributed by atoms with Crippen molar-refractivity contribution in [3.8, 4) is 28.6 Å². The lowest BCUT2D eigenvalue weighted by Gasteiger charge is -2.08. The van der Waals surface area contributed by atoms with Crippen molar-refractivity contribution < 1.29 is 22.4 Å². The van der Waals surface area contributed by atoms with Gasteiger partial charge in [0, 0.05) is 5.56 Å². The molecule has 3 rings (SSSR count). The summed E-state index contributed by atoms with van der Waals surface area (Å²) in [7, 11) is 0. The Hall–Kier alpha value is -2.25. The van der Waals surface area contributed by atoms with Crippen LogP contribution in [0.15, 0.2) is 47.0 Å². The second kappa shape index (κ2) is 6.33. The Labute approximate surface area is 143 Å². The number of rotatable bonds is 3. The standard InChI is InChI=1S/C15H7Cl2F3N2O2/c16-10-2-1-3-11(17)12(10)13-21-14(24-22-13)8-4-6-9(7-5-8)23-15(18,19)20/h1-7H. The number of benzene rings is 2. The molecule has 0 aliphatic rings. The van der Waals surface area contributed by atoms with Gasteiger partial charge in [0.05, 0.1) is 15.6 Å². The first-order chi connectivity index (χ1) is 11.3. The predicted octanol–water partition coefficient (Wildman–Crippen LogP) is 5.61. The number of nitrogens with zero attached hydrogens (tertiary/aromatic N) is 2. The van der Waals surface area contributed by atoms with Crippen molar-refractivity contribution in [1.82, 2.24) is 10.1 Å². The lowest BCUT2D eigenvalue weighted by Crippen LogP contribution is -2.16. The Kier molecular flexibility index (Phi) is 4.38. The molecule has 24 heavy (non-hydrogen) atoms. The van der Waals surface area contributed by atoms with Gasteiger partial charge < -0.3 is 9.26 Å². The van der Waals surface area contributed by atoms with Crippen LogP contribution in [-0.2, 0) is 0 Å². The molecule has 0 bridgehead atoms. The summed E-state index contributed by atoms with van der Waals surface area (Å²) in [4.78, 5) is 4.17. The Bertz CT molecular complexity index is 844. The predicted molar refractivity (Wildman–Crippen MR) is 81.9 cm³/mol. The average molecular weight is 375 g/mol. The van der Waals surface area contributed by atoms with Gasteiger partial charge in [0.25, 0.3) is 5.89 Å². The van der Waals surface area contributed by atoms with E-state index in [9.17, 15) is 13.2 Å². The monoisotopic (exact) mass is 374 g/mol. The molecule has 9 heteroatoms. The highest BCUT2D eigenvalue weighted by atomic mass is 35.5. The van der Waals surface area contributed by atoms with Gasteiger partial charge in [-0.15, -0.1) is 13.2 Å². The van der Waals surface area contributed by atoms with Gasteiger partial charge in [-0.2, -0.15) is 4.98 Å². The quantitative estimate of drug-likeness (QED) is 0.597. The smallest absolute Gasteiger partial charge is 0.406 e. The number of halogens is 5. The molecule has 1 aromatic heterocycles. The molecule has 0 saturated carbocycles. The number of aromatic nitrogens is 2. The minimum absolute atomic E-state index is 0.111. The summed E-state index contributed by atoms with van der Waals surface area (Å²) >= 11 is 12.1. The fourth-order valence-corrected chi connectivity index (χ4v) is 2.52. The van der Waals surface area contributed by atoms with E-state index >= 15 is 0 Å². The summed E-state index contributed by atoms with van der Waals surface area (Å²) in [6.07, 6.45) is -4.75. The maximum Gasteiger partial charge on any atom is 0.573 e. The largest absolute Gasteiger partial charge is 0.573 e. The van der Waals surface area contributed by atoms with Gasteiger partial charge in [0.2, 0.25) is 5.82 Å². The van der Waals surface area contributed by atoms with Crippen LogP contribution >= 0.6 is 23.2 Å². The zero-order chi connectivity index (χ0) is 17.3. The van der Waals surface area contributed by atoms with Gasteiger partial charge in [0.1, 0.15) is 5.75 Å². The van der Waals surface area contributed by atoms with E-state index in [0.717, 1.165) is 12.1 Å². The molecule has 0 aliphatic heterocycles. The molecule has 2 aromatic carbocycles. The summed E-state index contributed by atoms with van der Waals surface area (Å²) in [5.74, 6) is -0.0594. The highest BCUT2D eigenvalue weighted by molar-refractivity contribution is 6.38. The van der Waals surface area contributed by atoms with Crippen molar-refractivity contribution in [1.29, 1.82) is 0 Å². The first-order valence-electron chi connectivity index (χ1n) is 6.48. The number of ether oxygens (including phenoxy) is 1. The van der Waals surface area contributed by atoms with E-state index in [1.807, 2.05) is 0 Å². The van der Waals surface area contributed by atoms with E-state index in [2.05, 4.69) is 14.9 Å². The molecule has 0 amide bonds. The molecule has 1 heterocycles. The first kappa shape index (κ1) is 16.6. The molecule has 0 fully saturated rings. The van der Waals surface area contributed by atoms with Crippen molar-refractivity contribution in [2.75, 3.05) is 0 Å². The Morgan fingerprint density at radius 2 is 1.58 bits per heavy atom. The summed E-state index contributed by atoms with van der Waals surface area (Å²) in [6, 6.07) is 9.96. The summed E-state index contributed by atoms with van der Waals surface area (Å²) in [5, 5.41) is 4.50. The van der Waals surface area contributed by atoms with Crippen LogP contribution in [0, 0.1) is 0 Å². The molecule has 0 radical (unpaired) electrons. The topological polar surface area (TPSA) is 48.2 Å². The van der Waals surface area contributed by atoms with Crippen LogP contribution in [-0.4, -0.2) is 16.5 Å². The minimum Gasteiger partial charge on any atom is -0.406 e. The van der Waals surface area contributed by atoms with Crippen LogP contribution in [0.3, 0.4) is 0 Å². The van der Waals surface area contributed by atoms with Gasteiger partial charge in [-0.05, 0) is 36.4 Å². The van der Waals surface area contributed by atoms with E-state index in [0.29, 0.717) is 21.2 Å². The zero-order valence-electron chi connectivity index (χ0n) is 11.6. The third-order valence-corrected chi connectivity index (χ3v) is 3.58. The van der Waals surface area contributed by atoms with Gasteiger partial charge in [-0.3, -0.25) is 0 Å². The molecule has 0 unspecified atom stereocenters. The van der Waals surface area contributed by atoms with Gasteiger partial charge in [-0.1, -0.05) is 34.4 Å². The van der Waals surface area contributed by atoms with E-state index in [4.69, 9.17) is 27.7 Å². The normalized spacial score (nSPS) is 11.5. The molecule has 0 atom stereocenters. The first-order valence-corrected chi connectivity index (χ1v) is 7.23. The molecule has 4 nitrogen and oxygen atoms in total. The number of alkyl halides is 3. The Morgan fingerprint density at radius 1 is 0.958 bits per heavy atom. The molecule has 0 saturated heterocycles. The molecule has 3 aromatic rings.